The van der Waals surface area contributed by atoms with Gasteiger partial charge >= 0.3 is 0 Å². The highest BCUT2D eigenvalue weighted by Crippen LogP contribution is 2.26. The average Bonchev–Trinajstić information content (AvgIpc) is 3.15. The number of likely N-dealkylation sites (tertiary alicyclic amines) is 1. The molecule has 1 saturated heterocycles. The molecule has 142 valence electrons. The molecule has 1 fully saturated rings. The van der Waals surface area contributed by atoms with Crippen LogP contribution in [-0.2, 0) is 25.4 Å². The molecule has 0 aromatic carbocycles. The minimum atomic E-state index is -0.721. The number of imidazole rings is 1. The van der Waals surface area contributed by atoms with Crippen LogP contribution in [-0.4, -0.2) is 86.6 Å². The number of nitrogens with zero attached hydrogens (tertiary/aromatic N) is 2. The number of aromatic amines is 1. The van der Waals surface area contributed by atoms with Gasteiger partial charge in [0, 0.05) is 58.7 Å². The van der Waals surface area contributed by atoms with Crippen LogP contribution in [0.3, 0.4) is 0 Å². The molecule has 0 spiro atoms. The molecule has 8 nitrogen and oxygen atoms in total. The smallest absolute Gasteiger partial charge is 0.252 e. The van der Waals surface area contributed by atoms with E-state index < -0.39 is 5.60 Å². The number of carbonyl (C=O) groups is 1. The molecule has 2 N–H and O–H groups in total. The third kappa shape index (κ3) is 6.07. The fourth-order valence-electron chi connectivity index (χ4n) is 2.99. The van der Waals surface area contributed by atoms with E-state index >= 15 is 0 Å². The number of ether oxygens (including phenoxy) is 3. The highest BCUT2D eigenvalue weighted by atomic mass is 16.5. The Bertz CT molecular complexity index is 487. The largest absolute Gasteiger partial charge is 0.382 e. The van der Waals surface area contributed by atoms with E-state index in [9.17, 15) is 4.79 Å². The van der Waals surface area contributed by atoms with E-state index in [0.717, 1.165) is 31.7 Å². The monoisotopic (exact) mass is 354 g/mol. The summed E-state index contributed by atoms with van der Waals surface area (Å²) in [5, 5.41) is 2.99. The second-order valence-electron chi connectivity index (χ2n) is 6.23. The zero-order valence-electron chi connectivity index (χ0n) is 15.3. The number of hydrogen-bond acceptors (Lipinski definition) is 6. The summed E-state index contributed by atoms with van der Waals surface area (Å²) in [6.45, 7) is 5.01. The molecule has 2 rings (SSSR count). The summed E-state index contributed by atoms with van der Waals surface area (Å²) in [4.78, 5) is 21.9. The molecule has 0 atom stereocenters. The molecule has 1 amide bonds. The predicted molar refractivity (Wildman–Crippen MR) is 93.4 cm³/mol. The molecule has 0 bridgehead atoms. The van der Waals surface area contributed by atoms with E-state index in [1.54, 1.807) is 26.7 Å². The second kappa shape index (κ2) is 10.5. The number of aromatic nitrogens is 2. The van der Waals surface area contributed by atoms with Crippen LogP contribution < -0.4 is 5.32 Å². The van der Waals surface area contributed by atoms with Gasteiger partial charge in [0.05, 0.1) is 26.1 Å². The van der Waals surface area contributed by atoms with Gasteiger partial charge in [0.15, 0.2) is 0 Å². The van der Waals surface area contributed by atoms with Gasteiger partial charge in [0.1, 0.15) is 5.60 Å². The molecular formula is C17H30N4O4. The molecule has 25 heavy (non-hydrogen) atoms. The summed E-state index contributed by atoms with van der Waals surface area (Å²) < 4.78 is 16.1. The lowest BCUT2D eigenvalue weighted by molar-refractivity contribution is -0.149. The molecule has 8 heteroatoms. The summed E-state index contributed by atoms with van der Waals surface area (Å²) in [5.74, 6) is -0.0227. The summed E-state index contributed by atoms with van der Waals surface area (Å²) in [7, 11) is 3.29. The molecule has 2 heterocycles. The Labute approximate surface area is 149 Å². The normalized spacial score (nSPS) is 17.5. The quantitative estimate of drug-likeness (QED) is 0.553. The Morgan fingerprint density at radius 2 is 2.12 bits per heavy atom. The third-order valence-corrected chi connectivity index (χ3v) is 4.69. The lowest BCUT2D eigenvalue weighted by Gasteiger charge is -2.39. The molecule has 0 saturated carbocycles. The Morgan fingerprint density at radius 3 is 2.76 bits per heavy atom. The number of piperidine rings is 1. The second-order valence-corrected chi connectivity index (χ2v) is 6.23. The Balaban J connectivity index is 1.69. The first-order chi connectivity index (χ1) is 12.2. The Kier molecular flexibility index (Phi) is 8.33. The van der Waals surface area contributed by atoms with Gasteiger partial charge in [-0.2, -0.15) is 0 Å². The van der Waals surface area contributed by atoms with Crippen LogP contribution in [0.5, 0.6) is 0 Å². The van der Waals surface area contributed by atoms with Crippen LogP contribution in [0, 0.1) is 0 Å². The first-order valence-corrected chi connectivity index (χ1v) is 8.80. The number of hydrogen-bond donors (Lipinski definition) is 2. The number of H-pyrrole nitrogens is 1. The van der Waals surface area contributed by atoms with Gasteiger partial charge in [-0.25, -0.2) is 4.98 Å². The van der Waals surface area contributed by atoms with Crippen molar-refractivity contribution in [3.8, 4) is 0 Å². The van der Waals surface area contributed by atoms with Gasteiger partial charge in [-0.05, 0) is 12.8 Å². The summed E-state index contributed by atoms with van der Waals surface area (Å²) in [6, 6.07) is 0. The van der Waals surface area contributed by atoms with Crippen molar-refractivity contribution in [2.24, 2.45) is 0 Å². The maximum Gasteiger partial charge on any atom is 0.252 e. The highest BCUT2D eigenvalue weighted by Gasteiger charge is 2.41. The molecule has 0 aliphatic carbocycles. The number of amides is 1. The molecular weight excluding hydrogens is 324 g/mol. The maximum atomic E-state index is 12.6. The van der Waals surface area contributed by atoms with Crippen LogP contribution in [0.25, 0.3) is 0 Å². The molecule has 0 radical (unpaired) electrons. The van der Waals surface area contributed by atoms with E-state index in [2.05, 4.69) is 20.2 Å². The molecule has 1 aliphatic rings. The van der Waals surface area contributed by atoms with Crippen LogP contribution in [0.15, 0.2) is 12.5 Å². The van der Waals surface area contributed by atoms with Gasteiger partial charge in [-0.1, -0.05) is 0 Å². The third-order valence-electron chi connectivity index (χ3n) is 4.69. The Hall–Kier alpha value is -1.48. The number of nitrogens with one attached hydrogen (secondary N) is 2. The van der Waals surface area contributed by atoms with Gasteiger partial charge in [-0.15, -0.1) is 0 Å². The molecule has 1 aliphatic heterocycles. The van der Waals surface area contributed by atoms with Gasteiger partial charge in [0.25, 0.3) is 5.91 Å². The van der Waals surface area contributed by atoms with Crippen LogP contribution >= 0.6 is 0 Å². The van der Waals surface area contributed by atoms with Gasteiger partial charge in [0.2, 0.25) is 0 Å². The first-order valence-electron chi connectivity index (χ1n) is 8.80. The van der Waals surface area contributed by atoms with Crippen molar-refractivity contribution in [1.82, 2.24) is 20.2 Å². The van der Waals surface area contributed by atoms with Crippen molar-refractivity contribution in [1.29, 1.82) is 0 Å². The zero-order chi connectivity index (χ0) is 18.0. The topological polar surface area (TPSA) is 88.7 Å². The van der Waals surface area contributed by atoms with Crippen LogP contribution in [0.1, 0.15) is 18.5 Å². The van der Waals surface area contributed by atoms with Crippen molar-refractivity contribution < 1.29 is 19.0 Å². The standard InChI is InChI=1S/C17H30N4O4/c1-23-11-12-25-10-9-21-7-4-17(24-2,5-8-21)16(22)19-6-3-15-13-18-14-20-15/h13-14H,3-12H2,1-2H3,(H,18,20)(H,19,22). The molecule has 0 unspecified atom stereocenters. The summed E-state index contributed by atoms with van der Waals surface area (Å²) in [5.41, 5.74) is 0.288. The summed E-state index contributed by atoms with van der Waals surface area (Å²) in [6.07, 6.45) is 5.53. The number of rotatable bonds is 11. The molecule has 1 aromatic rings. The predicted octanol–water partition coefficient (Wildman–Crippen LogP) is 0.212. The first kappa shape index (κ1) is 19.8. The van der Waals surface area contributed by atoms with Crippen molar-refractivity contribution >= 4 is 5.91 Å². The van der Waals surface area contributed by atoms with Crippen LogP contribution in [0.2, 0.25) is 0 Å². The minimum Gasteiger partial charge on any atom is -0.382 e. The Morgan fingerprint density at radius 1 is 1.32 bits per heavy atom. The van der Waals surface area contributed by atoms with Crippen LogP contribution in [0.4, 0.5) is 0 Å². The van der Waals surface area contributed by atoms with E-state index in [1.807, 2.05) is 0 Å². The highest BCUT2D eigenvalue weighted by molar-refractivity contribution is 5.85. The van der Waals surface area contributed by atoms with E-state index in [0.29, 0.717) is 39.2 Å². The van der Waals surface area contributed by atoms with E-state index in [-0.39, 0.29) is 5.91 Å². The van der Waals surface area contributed by atoms with Crippen molar-refractivity contribution in [2.45, 2.75) is 24.9 Å². The molecule has 1 aromatic heterocycles. The lowest BCUT2D eigenvalue weighted by atomic mass is 9.90. The fourth-order valence-corrected chi connectivity index (χ4v) is 2.99. The van der Waals surface area contributed by atoms with Crippen molar-refractivity contribution in [3.05, 3.63) is 18.2 Å². The fraction of sp³-hybridized carbons (Fsp3) is 0.765. The minimum absolute atomic E-state index is 0.0227. The van der Waals surface area contributed by atoms with Gasteiger partial charge < -0.3 is 29.4 Å². The van der Waals surface area contributed by atoms with E-state index in [1.165, 1.54) is 0 Å². The number of methoxy groups -OCH3 is 2. The van der Waals surface area contributed by atoms with Crippen molar-refractivity contribution in [2.75, 3.05) is 60.2 Å². The van der Waals surface area contributed by atoms with E-state index in [4.69, 9.17) is 14.2 Å². The van der Waals surface area contributed by atoms with Gasteiger partial charge in [-0.3, -0.25) is 4.79 Å². The van der Waals surface area contributed by atoms with Crippen molar-refractivity contribution in [3.63, 3.8) is 0 Å². The number of carbonyl (C=O) groups excluding carboxylic acids is 1. The zero-order valence-corrected chi connectivity index (χ0v) is 15.3. The average molecular weight is 354 g/mol. The maximum absolute atomic E-state index is 12.6. The summed E-state index contributed by atoms with van der Waals surface area (Å²) >= 11 is 0. The lowest BCUT2D eigenvalue weighted by Crippen LogP contribution is -2.55. The SMILES string of the molecule is COCCOCCN1CCC(OC)(C(=O)NCCc2cnc[nH]2)CC1.